The lowest BCUT2D eigenvalue weighted by Crippen LogP contribution is -2.29. The molecule has 1 aromatic carbocycles. The standard InChI is InChI=1S/C14H17FN4S/c1-9(14-18-16-8-19(14)2)17-12-6-7-20-13-10(12)4-3-5-11(13)15/h3-5,8-9,12,17H,6-7H2,1-2H3. The zero-order valence-electron chi connectivity index (χ0n) is 11.5. The van der Waals surface area contributed by atoms with Gasteiger partial charge in [0.25, 0.3) is 0 Å². The maximum absolute atomic E-state index is 13.8. The molecule has 6 heteroatoms. The topological polar surface area (TPSA) is 42.7 Å². The second-order valence-corrected chi connectivity index (χ2v) is 6.14. The van der Waals surface area contributed by atoms with Crippen LogP contribution in [0.3, 0.4) is 0 Å². The summed E-state index contributed by atoms with van der Waals surface area (Å²) in [5.41, 5.74) is 1.05. The van der Waals surface area contributed by atoms with Crippen LogP contribution >= 0.6 is 11.8 Å². The third-order valence-corrected chi connectivity index (χ3v) is 4.77. The summed E-state index contributed by atoms with van der Waals surface area (Å²) in [4.78, 5) is 0.779. The van der Waals surface area contributed by atoms with Gasteiger partial charge < -0.3 is 9.88 Å². The number of nitrogens with one attached hydrogen (secondary N) is 1. The Balaban J connectivity index is 1.83. The fourth-order valence-corrected chi connectivity index (χ4v) is 3.76. The van der Waals surface area contributed by atoms with Crippen molar-refractivity contribution in [1.29, 1.82) is 0 Å². The summed E-state index contributed by atoms with van der Waals surface area (Å²) in [7, 11) is 1.93. The molecule has 1 aliphatic rings. The van der Waals surface area contributed by atoms with Crippen molar-refractivity contribution in [3.63, 3.8) is 0 Å². The van der Waals surface area contributed by atoms with Crippen LogP contribution in [0.5, 0.6) is 0 Å². The van der Waals surface area contributed by atoms with Gasteiger partial charge >= 0.3 is 0 Å². The van der Waals surface area contributed by atoms with Crippen molar-refractivity contribution in [3.8, 4) is 0 Å². The summed E-state index contributed by atoms with van der Waals surface area (Å²) in [6, 6.07) is 5.55. The van der Waals surface area contributed by atoms with E-state index in [0.29, 0.717) is 0 Å². The number of aromatic nitrogens is 3. The minimum atomic E-state index is -0.120. The van der Waals surface area contributed by atoms with E-state index >= 15 is 0 Å². The highest BCUT2D eigenvalue weighted by atomic mass is 32.2. The second-order valence-electron chi connectivity index (χ2n) is 5.04. The minimum absolute atomic E-state index is 0.0757. The van der Waals surface area contributed by atoms with Crippen LogP contribution in [0.25, 0.3) is 0 Å². The highest BCUT2D eigenvalue weighted by molar-refractivity contribution is 7.99. The molecule has 2 atom stereocenters. The van der Waals surface area contributed by atoms with E-state index in [4.69, 9.17) is 0 Å². The number of halogens is 1. The molecule has 20 heavy (non-hydrogen) atoms. The molecular formula is C14H17FN4S. The van der Waals surface area contributed by atoms with Crippen molar-refractivity contribution in [1.82, 2.24) is 20.1 Å². The van der Waals surface area contributed by atoms with Crippen molar-refractivity contribution >= 4 is 11.8 Å². The van der Waals surface area contributed by atoms with Gasteiger partial charge in [-0.15, -0.1) is 22.0 Å². The molecule has 0 bridgehead atoms. The number of benzene rings is 1. The van der Waals surface area contributed by atoms with Gasteiger partial charge in [-0.1, -0.05) is 12.1 Å². The number of hydrogen-bond donors (Lipinski definition) is 1. The number of rotatable bonds is 3. The fourth-order valence-electron chi connectivity index (χ4n) is 2.62. The molecule has 1 aliphatic heterocycles. The quantitative estimate of drug-likeness (QED) is 0.944. The Kier molecular flexibility index (Phi) is 3.76. The molecule has 0 saturated carbocycles. The van der Waals surface area contributed by atoms with Crippen LogP contribution < -0.4 is 5.32 Å². The first-order valence-electron chi connectivity index (χ1n) is 6.68. The normalized spacial score (nSPS) is 19.6. The molecule has 0 radical (unpaired) electrons. The lowest BCUT2D eigenvalue weighted by Gasteiger charge is -2.28. The Labute approximate surface area is 121 Å². The monoisotopic (exact) mass is 292 g/mol. The lowest BCUT2D eigenvalue weighted by molar-refractivity contribution is 0.425. The van der Waals surface area contributed by atoms with Gasteiger partial charge in [0.1, 0.15) is 18.0 Å². The molecule has 1 aromatic heterocycles. The van der Waals surface area contributed by atoms with Crippen LogP contribution in [-0.2, 0) is 7.05 Å². The second kappa shape index (κ2) is 5.54. The number of thioether (sulfide) groups is 1. The average molecular weight is 292 g/mol. The Morgan fingerprint density at radius 1 is 1.50 bits per heavy atom. The first-order chi connectivity index (χ1) is 9.66. The van der Waals surface area contributed by atoms with E-state index in [2.05, 4.69) is 22.4 Å². The largest absolute Gasteiger partial charge is 0.319 e. The van der Waals surface area contributed by atoms with Gasteiger partial charge in [-0.25, -0.2) is 4.39 Å². The molecular weight excluding hydrogens is 275 g/mol. The third kappa shape index (κ3) is 2.45. The Morgan fingerprint density at radius 2 is 2.35 bits per heavy atom. The molecule has 0 aliphatic carbocycles. The number of hydrogen-bond acceptors (Lipinski definition) is 4. The average Bonchev–Trinajstić information content (AvgIpc) is 2.86. The molecule has 0 saturated heterocycles. The van der Waals surface area contributed by atoms with Crippen LogP contribution in [0, 0.1) is 5.82 Å². The summed E-state index contributed by atoms with van der Waals surface area (Å²) in [6.45, 7) is 2.06. The van der Waals surface area contributed by atoms with Crippen molar-refractivity contribution in [3.05, 3.63) is 41.7 Å². The molecule has 4 nitrogen and oxygen atoms in total. The van der Waals surface area contributed by atoms with Gasteiger partial charge in [0, 0.05) is 18.0 Å². The highest BCUT2D eigenvalue weighted by Crippen LogP contribution is 2.38. The van der Waals surface area contributed by atoms with E-state index in [1.54, 1.807) is 24.2 Å². The van der Waals surface area contributed by atoms with E-state index < -0.39 is 0 Å². The summed E-state index contributed by atoms with van der Waals surface area (Å²) >= 11 is 1.60. The van der Waals surface area contributed by atoms with Crippen LogP contribution in [0.15, 0.2) is 29.4 Å². The molecule has 3 rings (SSSR count). The van der Waals surface area contributed by atoms with Crippen molar-refractivity contribution in [2.24, 2.45) is 7.05 Å². The molecule has 0 spiro atoms. The van der Waals surface area contributed by atoms with Crippen LogP contribution in [0.4, 0.5) is 4.39 Å². The fraction of sp³-hybridized carbons (Fsp3) is 0.429. The summed E-state index contributed by atoms with van der Waals surface area (Å²) < 4.78 is 15.7. The predicted molar refractivity (Wildman–Crippen MR) is 77.0 cm³/mol. The molecule has 0 fully saturated rings. The van der Waals surface area contributed by atoms with E-state index in [9.17, 15) is 4.39 Å². The maximum atomic E-state index is 13.8. The first kappa shape index (κ1) is 13.6. The van der Waals surface area contributed by atoms with Crippen LogP contribution in [0.1, 0.15) is 36.8 Å². The molecule has 2 unspecified atom stereocenters. The SMILES string of the molecule is CC(NC1CCSc2c(F)cccc21)c1nncn1C. The molecule has 0 amide bonds. The van der Waals surface area contributed by atoms with Gasteiger partial charge in [-0.05, 0) is 30.7 Å². The number of aryl methyl sites for hydroxylation is 1. The van der Waals surface area contributed by atoms with Gasteiger partial charge in [0.05, 0.1) is 6.04 Å². The summed E-state index contributed by atoms with van der Waals surface area (Å²) in [5, 5.41) is 11.6. The van der Waals surface area contributed by atoms with Gasteiger partial charge in [0.2, 0.25) is 0 Å². The zero-order chi connectivity index (χ0) is 14.1. The highest BCUT2D eigenvalue weighted by Gasteiger charge is 2.25. The number of nitrogens with zero attached hydrogens (tertiary/aromatic N) is 3. The third-order valence-electron chi connectivity index (χ3n) is 3.61. The van der Waals surface area contributed by atoms with Crippen molar-refractivity contribution < 1.29 is 4.39 Å². The minimum Gasteiger partial charge on any atom is -0.319 e. The van der Waals surface area contributed by atoms with Crippen LogP contribution in [0.2, 0.25) is 0 Å². The van der Waals surface area contributed by atoms with Gasteiger partial charge in [-0.2, -0.15) is 0 Å². The first-order valence-corrected chi connectivity index (χ1v) is 7.66. The molecule has 2 aromatic rings. The smallest absolute Gasteiger partial charge is 0.149 e. The molecule has 2 heterocycles. The van der Waals surface area contributed by atoms with Gasteiger partial charge in [-0.3, -0.25) is 0 Å². The zero-order valence-corrected chi connectivity index (χ0v) is 12.3. The number of fused-ring (bicyclic) bond motifs is 1. The van der Waals surface area contributed by atoms with E-state index in [0.717, 1.165) is 28.5 Å². The van der Waals surface area contributed by atoms with Gasteiger partial charge in [0.15, 0.2) is 0 Å². The van der Waals surface area contributed by atoms with E-state index in [-0.39, 0.29) is 17.9 Å². The van der Waals surface area contributed by atoms with E-state index in [1.807, 2.05) is 17.7 Å². The Bertz CT molecular complexity index is 613. The molecule has 106 valence electrons. The Morgan fingerprint density at radius 3 is 3.10 bits per heavy atom. The predicted octanol–water partition coefficient (Wildman–Crippen LogP) is 2.84. The lowest BCUT2D eigenvalue weighted by atomic mass is 10.0. The Hall–Kier alpha value is -1.40. The maximum Gasteiger partial charge on any atom is 0.149 e. The molecule has 1 N–H and O–H groups in total. The summed E-state index contributed by atoms with van der Waals surface area (Å²) in [5.74, 6) is 1.70. The van der Waals surface area contributed by atoms with Crippen LogP contribution in [-0.4, -0.2) is 20.5 Å². The van der Waals surface area contributed by atoms with Crippen molar-refractivity contribution in [2.75, 3.05) is 5.75 Å². The van der Waals surface area contributed by atoms with E-state index in [1.165, 1.54) is 6.07 Å². The summed E-state index contributed by atoms with van der Waals surface area (Å²) in [6.07, 6.45) is 2.68. The van der Waals surface area contributed by atoms with Crippen molar-refractivity contribution in [2.45, 2.75) is 30.3 Å².